The van der Waals surface area contributed by atoms with Crippen molar-refractivity contribution < 1.29 is 28.5 Å². The van der Waals surface area contributed by atoms with Crippen LogP contribution in [-0.4, -0.2) is 50.1 Å². The minimum atomic E-state index is -2.05. The summed E-state index contributed by atoms with van der Waals surface area (Å²) >= 11 is 0. The molecule has 2 aliphatic heterocycles. The minimum absolute atomic E-state index is 0.291. The Morgan fingerprint density at radius 3 is 2.73 bits per heavy atom. The molecule has 0 unspecified atom stereocenters. The predicted molar refractivity (Wildman–Crippen MR) is 98.6 cm³/mol. The number of carbonyl (C=O) groups is 1. The first-order chi connectivity index (χ1) is 14.2. The second-order valence-corrected chi connectivity index (χ2v) is 8.44. The van der Waals surface area contributed by atoms with Crippen molar-refractivity contribution in [1.29, 1.82) is 5.26 Å². The van der Waals surface area contributed by atoms with Gasteiger partial charge in [0, 0.05) is 0 Å². The molecule has 0 bridgehead atoms. The fourth-order valence-electron chi connectivity index (χ4n) is 3.86. The quantitative estimate of drug-likeness (QED) is 0.737. The van der Waals surface area contributed by atoms with Gasteiger partial charge in [-0.05, 0) is 45.7 Å². The van der Waals surface area contributed by atoms with Gasteiger partial charge in [0.1, 0.15) is 35.7 Å². The zero-order chi connectivity index (χ0) is 21.3. The van der Waals surface area contributed by atoms with Crippen LogP contribution in [0.3, 0.4) is 0 Å². The van der Waals surface area contributed by atoms with E-state index in [0.717, 1.165) is 12.8 Å². The van der Waals surface area contributed by atoms with Crippen LogP contribution in [0.5, 0.6) is 0 Å². The van der Waals surface area contributed by atoms with Crippen molar-refractivity contribution >= 4 is 17.5 Å². The molecule has 0 spiro atoms. The highest BCUT2D eigenvalue weighted by Gasteiger charge is 2.67. The molecule has 2 aromatic heterocycles. The van der Waals surface area contributed by atoms with Crippen molar-refractivity contribution in [1.82, 2.24) is 14.6 Å². The monoisotopic (exact) mass is 415 g/mol. The van der Waals surface area contributed by atoms with Crippen molar-refractivity contribution in [2.24, 2.45) is 0 Å². The van der Waals surface area contributed by atoms with Gasteiger partial charge in [-0.15, -0.1) is 0 Å². The number of anilines is 1. The number of rotatable bonds is 3. The molecule has 3 aliphatic rings. The smallest absolute Gasteiger partial charge is 0.428 e. The lowest BCUT2D eigenvalue weighted by molar-refractivity contribution is -0.255. The number of hydrogen-bond donors (Lipinski definition) is 1. The Balaban J connectivity index is 1.52. The van der Waals surface area contributed by atoms with Crippen LogP contribution < -0.4 is 5.73 Å². The van der Waals surface area contributed by atoms with Gasteiger partial charge >= 0.3 is 11.9 Å². The number of nitrogens with zero attached hydrogens (tertiary/aromatic N) is 4. The van der Waals surface area contributed by atoms with E-state index in [1.165, 1.54) is 6.33 Å². The maximum absolute atomic E-state index is 12.4. The normalized spacial score (nSPS) is 33.1. The van der Waals surface area contributed by atoms with E-state index in [9.17, 15) is 10.1 Å². The molecule has 11 nitrogen and oxygen atoms in total. The van der Waals surface area contributed by atoms with Gasteiger partial charge in [-0.3, -0.25) is 0 Å². The van der Waals surface area contributed by atoms with E-state index in [1.54, 1.807) is 37.4 Å². The van der Waals surface area contributed by atoms with E-state index in [-0.39, 0.29) is 0 Å². The number of ether oxygens (including phenoxy) is 5. The number of nitriles is 1. The molecule has 0 aromatic carbocycles. The zero-order valence-corrected chi connectivity index (χ0v) is 16.7. The number of nitrogen functional groups attached to an aromatic ring is 1. The molecule has 11 heteroatoms. The van der Waals surface area contributed by atoms with Crippen molar-refractivity contribution in [3.8, 4) is 6.07 Å². The number of carbonyl (C=O) groups excluding carboxylic acids is 1. The number of hydrogen-bond acceptors (Lipinski definition) is 10. The molecule has 0 radical (unpaired) electrons. The highest BCUT2D eigenvalue weighted by molar-refractivity contribution is 5.65. The van der Waals surface area contributed by atoms with Crippen LogP contribution in [-0.2, 0) is 23.7 Å². The molecule has 5 rings (SSSR count). The lowest BCUT2D eigenvalue weighted by atomic mass is 10.0. The van der Waals surface area contributed by atoms with E-state index in [4.69, 9.17) is 29.4 Å². The Bertz CT molecular complexity index is 1070. The largest absolute Gasteiger partial charge is 0.512 e. The minimum Gasteiger partial charge on any atom is -0.428 e. The van der Waals surface area contributed by atoms with Crippen LogP contribution in [0.2, 0.25) is 0 Å². The fourth-order valence-corrected chi connectivity index (χ4v) is 3.86. The Morgan fingerprint density at radius 1 is 1.27 bits per heavy atom. The van der Waals surface area contributed by atoms with Gasteiger partial charge in [-0.2, -0.15) is 10.4 Å². The highest BCUT2D eigenvalue weighted by Crippen LogP contribution is 2.51. The molecule has 1 aliphatic carbocycles. The first-order valence-corrected chi connectivity index (χ1v) is 9.60. The second kappa shape index (κ2) is 6.04. The van der Waals surface area contributed by atoms with Crippen molar-refractivity contribution in [2.45, 2.75) is 69.1 Å². The third kappa shape index (κ3) is 2.87. The maximum Gasteiger partial charge on any atom is 0.512 e. The van der Waals surface area contributed by atoms with Crippen LogP contribution in [0.4, 0.5) is 10.6 Å². The molecule has 2 aromatic rings. The van der Waals surface area contributed by atoms with E-state index < -0.39 is 41.6 Å². The van der Waals surface area contributed by atoms with Crippen LogP contribution >= 0.6 is 0 Å². The molecule has 4 atom stereocenters. The fraction of sp³-hybridized carbons (Fsp3) is 0.579. The summed E-state index contributed by atoms with van der Waals surface area (Å²) in [6, 6.07) is 5.44. The molecule has 3 fully saturated rings. The summed E-state index contributed by atoms with van der Waals surface area (Å²) < 4.78 is 30.2. The Labute approximate surface area is 171 Å². The molecule has 30 heavy (non-hydrogen) atoms. The molecular formula is C19H21N5O6. The first kappa shape index (κ1) is 19.0. The van der Waals surface area contributed by atoms with Crippen LogP contribution in [0.25, 0.3) is 5.52 Å². The summed E-state index contributed by atoms with van der Waals surface area (Å²) in [7, 11) is 0. The molecule has 2 saturated heterocycles. The third-order valence-corrected chi connectivity index (χ3v) is 5.58. The molecule has 4 heterocycles. The zero-order valence-electron chi connectivity index (χ0n) is 16.7. The summed E-state index contributed by atoms with van der Waals surface area (Å²) in [5, 5.41) is 14.2. The van der Waals surface area contributed by atoms with Crippen molar-refractivity contribution in [3.63, 3.8) is 0 Å². The van der Waals surface area contributed by atoms with Gasteiger partial charge in [0.2, 0.25) is 0 Å². The van der Waals surface area contributed by atoms with E-state index in [0.29, 0.717) is 17.0 Å². The van der Waals surface area contributed by atoms with Crippen molar-refractivity contribution in [3.05, 3.63) is 24.2 Å². The summed E-state index contributed by atoms with van der Waals surface area (Å²) in [5.74, 6) is -2.77. The average molecular weight is 415 g/mol. The van der Waals surface area contributed by atoms with Gasteiger partial charge in [0.25, 0.3) is 0 Å². The maximum atomic E-state index is 12.4. The van der Waals surface area contributed by atoms with Gasteiger partial charge in [0.05, 0.1) is 5.69 Å². The molecule has 0 amide bonds. The molecule has 1 saturated carbocycles. The van der Waals surface area contributed by atoms with Crippen LogP contribution in [0.1, 0.15) is 45.4 Å². The first-order valence-electron chi connectivity index (χ1n) is 9.60. The summed E-state index contributed by atoms with van der Waals surface area (Å²) in [4.78, 5) is 16.4. The lowest BCUT2D eigenvalue weighted by Gasteiger charge is -2.28. The van der Waals surface area contributed by atoms with Gasteiger partial charge in [-0.25, -0.2) is 14.3 Å². The van der Waals surface area contributed by atoms with Crippen molar-refractivity contribution in [2.75, 3.05) is 5.73 Å². The van der Waals surface area contributed by atoms with Gasteiger partial charge in [0.15, 0.2) is 17.7 Å². The Kier molecular flexibility index (Phi) is 3.83. The predicted octanol–water partition coefficient (Wildman–Crippen LogP) is 1.83. The summed E-state index contributed by atoms with van der Waals surface area (Å²) in [6.07, 6.45) is -0.753. The van der Waals surface area contributed by atoms with Crippen LogP contribution in [0.15, 0.2) is 18.5 Å². The van der Waals surface area contributed by atoms with Crippen LogP contribution in [0, 0.1) is 11.3 Å². The number of aromatic nitrogens is 3. The van der Waals surface area contributed by atoms with Gasteiger partial charge in [-0.1, -0.05) is 0 Å². The molecule has 158 valence electrons. The second-order valence-electron chi connectivity index (χ2n) is 8.44. The topological polar surface area (TPSA) is 143 Å². The number of nitrogens with two attached hydrogens (primary N) is 1. The number of fused-ring (bicyclic) bond motifs is 2. The standard InChI is InChI=1S/C19H21N5O6/c1-17(2)26-13-12(10-4-5-11-15(21)22-9-23-24(10)11)27-19(8-20,14(13)28-17)30-16(25)29-18(3)6-7-18/h4-5,9,12-14H,6-7H2,1-3H3,(H2,21,22,23)/t12-,13-,14-,19+/m0/s1. The Morgan fingerprint density at radius 2 is 2.03 bits per heavy atom. The molecule has 2 N–H and O–H groups in total. The van der Waals surface area contributed by atoms with E-state index in [1.807, 2.05) is 6.07 Å². The summed E-state index contributed by atoms with van der Waals surface area (Å²) in [6.45, 7) is 5.22. The average Bonchev–Trinajstić information content (AvgIpc) is 3.02. The SMILES string of the molecule is CC1(OC(=O)O[C@@]2(C#N)O[C@@H](c3ccc4c(N)ncnn34)[C@@H]3OC(C)(C)O[C@@H]32)CC1. The van der Waals surface area contributed by atoms with E-state index in [2.05, 4.69) is 10.1 Å². The third-order valence-electron chi connectivity index (χ3n) is 5.58. The Hall–Kier alpha value is -2.94. The highest BCUT2D eigenvalue weighted by atomic mass is 16.9. The summed E-state index contributed by atoms with van der Waals surface area (Å²) in [5.41, 5.74) is 6.48. The lowest BCUT2D eigenvalue weighted by Crippen LogP contribution is -2.46. The van der Waals surface area contributed by atoms with E-state index >= 15 is 0 Å². The molecular weight excluding hydrogens is 394 g/mol. The van der Waals surface area contributed by atoms with Gasteiger partial charge < -0.3 is 29.4 Å².